The fourth-order valence-electron chi connectivity index (χ4n) is 4.32. The van der Waals surface area contributed by atoms with E-state index in [9.17, 15) is 14.7 Å². The molecule has 12 heteroatoms. The molecule has 1 atom stereocenters. The van der Waals surface area contributed by atoms with E-state index in [1.54, 1.807) is 12.3 Å². The first kappa shape index (κ1) is 20.5. The zero-order chi connectivity index (χ0) is 22.1. The van der Waals surface area contributed by atoms with E-state index in [1.807, 2.05) is 6.07 Å². The van der Waals surface area contributed by atoms with Crippen LogP contribution in [0.1, 0.15) is 30.9 Å². The van der Waals surface area contributed by atoms with Gasteiger partial charge >= 0.3 is 12.1 Å². The highest BCUT2D eigenvalue weighted by Gasteiger charge is 2.44. The van der Waals surface area contributed by atoms with Gasteiger partial charge in [-0.05, 0) is 16.5 Å². The number of pyridine rings is 1. The van der Waals surface area contributed by atoms with Crippen LogP contribution in [-0.2, 0) is 14.3 Å². The first-order valence-corrected chi connectivity index (χ1v) is 10.5. The van der Waals surface area contributed by atoms with Gasteiger partial charge in [-0.15, -0.1) is 5.10 Å². The molecule has 2 fully saturated rings. The third-order valence-electron chi connectivity index (χ3n) is 6.25. The number of carbonyl (C=O) groups excluding carboxylic acids is 2. The van der Waals surface area contributed by atoms with Gasteiger partial charge in [-0.3, -0.25) is 4.90 Å². The molecule has 5 rings (SSSR count). The number of nitrogens with zero attached hydrogens (tertiary/aromatic N) is 7. The third-order valence-corrected chi connectivity index (χ3v) is 6.25. The molecule has 0 radical (unpaired) electrons. The van der Waals surface area contributed by atoms with Crippen molar-refractivity contribution in [2.45, 2.75) is 31.0 Å². The SMILES string of the molecule is O=C1C=C(N2CCC3(CCN(C[C@H](O)c4ccc(-n5cnnn5)nc4)CC3)OC2=O)CO1. The van der Waals surface area contributed by atoms with Crippen molar-refractivity contribution >= 4 is 12.1 Å². The van der Waals surface area contributed by atoms with Crippen molar-refractivity contribution in [2.75, 3.05) is 32.8 Å². The molecule has 32 heavy (non-hydrogen) atoms. The van der Waals surface area contributed by atoms with Gasteiger partial charge in [-0.1, -0.05) is 6.07 Å². The molecule has 2 aromatic heterocycles. The van der Waals surface area contributed by atoms with Crippen molar-refractivity contribution in [3.05, 3.63) is 42.0 Å². The number of aliphatic hydroxyl groups is 1. The number of rotatable bonds is 5. The van der Waals surface area contributed by atoms with Crippen LogP contribution in [0.15, 0.2) is 36.4 Å². The Morgan fingerprint density at radius 2 is 1.97 bits per heavy atom. The summed E-state index contributed by atoms with van der Waals surface area (Å²) in [6.07, 6.45) is 5.40. The second kappa shape index (κ2) is 8.28. The summed E-state index contributed by atoms with van der Waals surface area (Å²) in [7, 11) is 0. The average molecular weight is 441 g/mol. The van der Waals surface area contributed by atoms with Crippen LogP contribution in [-0.4, -0.2) is 90.5 Å². The lowest BCUT2D eigenvalue weighted by molar-refractivity contribution is -0.135. The minimum absolute atomic E-state index is 0.109. The summed E-state index contributed by atoms with van der Waals surface area (Å²) in [6.45, 7) is 2.51. The lowest BCUT2D eigenvalue weighted by Gasteiger charge is -2.46. The lowest BCUT2D eigenvalue weighted by Crippen LogP contribution is -2.54. The number of tetrazole rings is 1. The Bertz CT molecular complexity index is 1020. The van der Waals surface area contributed by atoms with E-state index in [1.165, 1.54) is 22.0 Å². The van der Waals surface area contributed by atoms with E-state index < -0.39 is 23.8 Å². The summed E-state index contributed by atoms with van der Waals surface area (Å²) in [4.78, 5) is 31.8. The van der Waals surface area contributed by atoms with Crippen LogP contribution in [0.3, 0.4) is 0 Å². The summed E-state index contributed by atoms with van der Waals surface area (Å²) in [6, 6.07) is 3.56. The van der Waals surface area contributed by atoms with Gasteiger partial charge in [0.05, 0.1) is 11.8 Å². The van der Waals surface area contributed by atoms with Gasteiger partial charge in [0, 0.05) is 63.3 Å². The minimum atomic E-state index is -0.685. The summed E-state index contributed by atoms with van der Waals surface area (Å²) < 4.78 is 12.2. The Morgan fingerprint density at radius 3 is 2.59 bits per heavy atom. The first-order chi connectivity index (χ1) is 15.5. The van der Waals surface area contributed by atoms with Gasteiger partial charge in [0.1, 0.15) is 18.5 Å². The number of amides is 1. The highest BCUT2D eigenvalue weighted by Crippen LogP contribution is 2.36. The number of hydrogen-bond acceptors (Lipinski definition) is 10. The van der Waals surface area contributed by atoms with Gasteiger partial charge in [-0.2, -0.15) is 4.68 Å². The van der Waals surface area contributed by atoms with E-state index in [0.717, 1.165) is 0 Å². The monoisotopic (exact) mass is 441 g/mol. The van der Waals surface area contributed by atoms with Crippen molar-refractivity contribution in [2.24, 2.45) is 0 Å². The van der Waals surface area contributed by atoms with Crippen LogP contribution in [0.25, 0.3) is 5.82 Å². The van der Waals surface area contributed by atoms with Gasteiger partial charge in [0.25, 0.3) is 0 Å². The number of carbonyl (C=O) groups is 2. The summed E-state index contributed by atoms with van der Waals surface area (Å²) >= 11 is 0. The molecule has 3 aliphatic rings. The van der Waals surface area contributed by atoms with Gasteiger partial charge in [0.2, 0.25) is 0 Å². The molecule has 2 saturated heterocycles. The van der Waals surface area contributed by atoms with E-state index in [4.69, 9.17) is 9.47 Å². The number of hydrogen-bond donors (Lipinski definition) is 1. The van der Waals surface area contributed by atoms with Crippen molar-refractivity contribution in [1.82, 2.24) is 35.0 Å². The number of aliphatic hydroxyl groups excluding tert-OH is 1. The van der Waals surface area contributed by atoms with Crippen molar-refractivity contribution in [1.29, 1.82) is 0 Å². The fraction of sp³-hybridized carbons (Fsp3) is 0.500. The van der Waals surface area contributed by atoms with Crippen LogP contribution in [0.5, 0.6) is 0 Å². The molecule has 0 bridgehead atoms. The number of aromatic nitrogens is 5. The highest BCUT2D eigenvalue weighted by atomic mass is 16.6. The number of piperidine rings is 1. The van der Waals surface area contributed by atoms with E-state index in [2.05, 4.69) is 25.4 Å². The van der Waals surface area contributed by atoms with Crippen molar-refractivity contribution < 1.29 is 24.2 Å². The largest absolute Gasteiger partial charge is 0.456 e. The molecule has 3 aliphatic heterocycles. The number of esters is 1. The molecular formula is C20H23N7O5. The predicted molar refractivity (Wildman–Crippen MR) is 107 cm³/mol. The molecular weight excluding hydrogens is 418 g/mol. The molecule has 12 nitrogen and oxygen atoms in total. The van der Waals surface area contributed by atoms with Gasteiger partial charge in [0.15, 0.2) is 5.82 Å². The second-order valence-electron chi connectivity index (χ2n) is 8.22. The zero-order valence-electron chi connectivity index (χ0n) is 17.3. The van der Waals surface area contributed by atoms with Crippen molar-refractivity contribution in [3.63, 3.8) is 0 Å². The topological polar surface area (TPSA) is 136 Å². The maximum atomic E-state index is 12.5. The molecule has 0 unspecified atom stereocenters. The molecule has 5 heterocycles. The van der Waals surface area contributed by atoms with Crippen LogP contribution < -0.4 is 0 Å². The quantitative estimate of drug-likeness (QED) is 0.641. The molecule has 1 amide bonds. The minimum Gasteiger partial charge on any atom is -0.456 e. The average Bonchev–Trinajstić information content (AvgIpc) is 3.48. The smallest absolute Gasteiger partial charge is 0.414 e. The molecule has 2 aromatic rings. The number of ether oxygens (including phenoxy) is 2. The number of likely N-dealkylation sites (tertiary alicyclic amines) is 1. The van der Waals surface area contributed by atoms with E-state index >= 15 is 0 Å². The molecule has 0 aliphatic carbocycles. The first-order valence-electron chi connectivity index (χ1n) is 10.5. The molecule has 1 spiro atoms. The van der Waals surface area contributed by atoms with Gasteiger partial charge < -0.3 is 19.5 Å². The maximum absolute atomic E-state index is 12.5. The van der Waals surface area contributed by atoms with E-state index in [-0.39, 0.29) is 6.61 Å². The highest BCUT2D eigenvalue weighted by molar-refractivity contribution is 5.86. The molecule has 0 saturated carbocycles. The Morgan fingerprint density at radius 1 is 1.16 bits per heavy atom. The standard InChI is InChI=1S/C20H23N7O5/c28-16(14-1-2-17(21-10-14)27-13-22-23-24-27)11-25-6-3-20(4-7-25)5-8-26(19(30)32-20)15-9-18(29)31-12-15/h1-2,9-10,13,16,28H,3-8,11-12H2/t16-/m0/s1. The Kier molecular flexibility index (Phi) is 5.31. The van der Waals surface area contributed by atoms with Crippen LogP contribution >= 0.6 is 0 Å². The Labute approximate surface area is 183 Å². The molecule has 0 aromatic carbocycles. The fourth-order valence-corrected chi connectivity index (χ4v) is 4.32. The van der Waals surface area contributed by atoms with Crippen LogP contribution in [0.2, 0.25) is 0 Å². The maximum Gasteiger partial charge on any atom is 0.414 e. The normalized spacial score (nSPS) is 21.9. The molecule has 1 N–H and O–H groups in total. The van der Waals surface area contributed by atoms with Crippen molar-refractivity contribution in [3.8, 4) is 5.82 Å². The summed E-state index contributed by atoms with van der Waals surface area (Å²) in [5.74, 6) is 0.142. The summed E-state index contributed by atoms with van der Waals surface area (Å²) in [5.41, 5.74) is 0.771. The molecule has 168 valence electrons. The Hall–Kier alpha value is -3.38. The van der Waals surface area contributed by atoms with Gasteiger partial charge in [-0.25, -0.2) is 14.6 Å². The lowest BCUT2D eigenvalue weighted by atomic mass is 9.86. The number of β-amino-alcohol motifs (C(OH)–C–C–N with tert-alkyl or cyclic N) is 1. The Balaban J connectivity index is 1.14. The number of cyclic esters (lactones) is 1. The second-order valence-corrected chi connectivity index (χ2v) is 8.22. The zero-order valence-corrected chi connectivity index (χ0v) is 17.3. The summed E-state index contributed by atoms with van der Waals surface area (Å²) in [5, 5.41) is 21.6. The third kappa shape index (κ3) is 4.06. The van der Waals surface area contributed by atoms with E-state index in [0.29, 0.717) is 62.5 Å². The van der Waals surface area contributed by atoms with Crippen LogP contribution in [0.4, 0.5) is 4.79 Å². The van der Waals surface area contributed by atoms with Crippen LogP contribution in [0, 0.1) is 0 Å². The predicted octanol–water partition coefficient (Wildman–Crippen LogP) is 0.208.